The summed E-state index contributed by atoms with van der Waals surface area (Å²) in [5.41, 5.74) is 3.02. The van der Waals surface area contributed by atoms with Crippen molar-refractivity contribution < 1.29 is 18.7 Å². The Morgan fingerprint density at radius 3 is 2.53 bits per heavy atom. The van der Waals surface area contributed by atoms with Crippen LogP contribution in [-0.4, -0.2) is 40.1 Å². The Bertz CT molecular complexity index is 1250. The number of hydrogen-bond donors (Lipinski definition) is 1. The van der Waals surface area contributed by atoms with E-state index in [1.165, 1.54) is 7.11 Å². The lowest BCUT2D eigenvalue weighted by molar-refractivity contribution is 0.102. The van der Waals surface area contributed by atoms with Crippen LogP contribution < -0.4 is 14.8 Å². The molecule has 0 fully saturated rings. The fourth-order valence-electron chi connectivity index (χ4n) is 3.25. The summed E-state index contributed by atoms with van der Waals surface area (Å²) in [7, 11) is 3.09. The van der Waals surface area contributed by atoms with Gasteiger partial charge in [0.25, 0.3) is 5.91 Å². The third-order valence-electron chi connectivity index (χ3n) is 5.05. The van der Waals surface area contributed by atoms with E-state index in [1.807, 2.05) is 37.3 Å². The molecule has 2 aromatic heterocycles. The zero-order valence-corrected chi connectivity index (χ0v) is 18.2. The van der Waals surface area contributed by atoms with E-state index in [0.29, 0.717) is 41.1 Å². The number of aromatic nitrogens is 4. The van der Waals surface area contributed by atoms with Crippen molar-refractivity contribution >= 4 is 11.6 Å². The SMILES string of the molecule is COc1ccc(NC(=O)c2nnn(Cc3nc(-c4ccccc4)oc3C)c2C)cc1OC. The van der Waals surface area contributed by atoms with E-state index < -0.39 is 0 Å². The predicted molar refractivity (Wildman–Crippen MR) is 118 cm³/mol. The van der Waals surface area contributed by atoms with E-state index in [2.05, 4.69) is 20.6 Å². The Labute approximate surface area is 185 Å². The number of rotatable bonds is 7. The molecule has 0 atom stereocenters. The van der Waals surface area contributed by atoms with Crippen molar-refractivity contribution in [2.45, 2.75) is 20.4 Å². The van der Waals surface area contributed by atoms with Gasteiger partial charge in [-0.2, -0.15) is 0 Å². The van der Waals surface area contributed by atoms with Gasteiger partial charge >= 0.3 is 0 Å². The summed E-state index contributed by atoms with van der Waals surface area (Å²) in [6, 6.07) is 14.8. The molecule has 0 aliphatic rings. The van der Waals surface area contributed by atoms with Crippen LogP contribution in [0.15, 0.2) is 52.9 Å². The third kappa shape index (κ3) is 4.18. The first kappa shape index (κ1) is 21.1. The maximum atomic E-state index is 12.8. The summed E-state index contributed by atoms with van der Waals surface area (Å²) in [4.78, 5) is 17.4. The van der Waals surface area contributed by atoms with E-state index >= 15 is 0 Å². The summed E-state index contributed by atoms with van der Waals surface area (Å²) >= 11 is 0. The minimum atomic E-state index is -0.372. The third-order valence-corrected chi connectivity index (χ3v) is 5.05. The zero-order valence-electron chi connectivity index (χ0n) is 18.2. The number of nitrogens with zero attached hydrogens (tertiary/aromatic N) is 4. The van der Waals surface area contributed by atoms with Crippen molar-refractivity contribution in [3.63, 3.8) is 0 Å². The molecule has 0 unspecified atom stereocenters. The highest BCUT2D eigenvalue weighted by atomic mass is 16.5. The standard InChI is InChI=1S/C23H23N5O4/c1-14-21(22(29)24-17-10-11-19(30-3)20(12-17)31-4)26-27-28(14)13-18-15(2)32-23(25-18)16-8-6-5-7-9-16/h5-12H,13H2,1-4H3,(H,24,29). The number of amides is 1. The van der Waals surface area contributed by atoms with Gasteiger partial charge in [0.2, 0.25) is 5.89 Å². The lowest BCUT2D eigenvalue weighted by atomic mass is 10.2. The molecule has 1 N–H and O–H groups in total. The number of carbonyl (C=O) groups excluding carboxylic acids is 1. The predicted octanol–water partition coefficient (Wildman–Crippen LogP) is 3.87. The molecular formula is C23H23N5O4. The molecular weight excluding hydrogens is 410 g/mol. The highest BCUT2D eigenvalue weighted by Gasteiger charge is 2.19. The van der Waals surface area contributed by atoms with Crippen molar-refractivity contribution in [2.75, 3.05) is 19.5 Å². The van der Waals surface area contributed by atoms with Crippen LogP contribution in [0.4, 0.5) is 5.69 Å². The number of oxazole rings is 1. The molecule has 0 saturated heterocycles. The molecule has 1 amide bonds. The molecule has 32 heavy (non-hydrogen) atoms. The maximum absolute atomic E-state index is 12.8. The van der Waals surface area contributed by atoms with Crippen molar-refractivity contribution in [1.29, 1.82) is 0 Å². The van der Waals surface area contributed by atoms with Gasteiger partial charge in [-0.15, -0.1) is 5.10 Å². The minimum Gasteiger partial charge on any atom is -0.493 e. The second kappa shape index (κ2) is 8.93. The molecule has 0 spiro atoms. The second-order valence-corrected chi connectivity index (χ2v) is 7.09. The summed E-state index contributed by atoms with van der Waals surface area (Å²) in [5.74, 6) is 1.95. The van der Waals surface area contributed by atoms with Gasteiger partial charge in [0.15, 0.2) is 17.2 Å². The smallest absolute Gasteiger partial charge is 0.278 e. The summed E-state index contributed by atoms with van der Waals surface area (Å²) in [6.45, 7) is 3.98. The molecule has 2 heterocycles. The zero-order chi connectivity index (χ0) is 22.7. The van der Waals surface area contributed by atoms with Crippen molar-refractivity contribution in [3.8, 4) is 23.0 Å². The summed E-state index contributed by atoms with van der Waals surface area (Å²) < 4.78 is 17.9. The van der Waals surface area contributed by atoms with Gasteiger partial charge in [-0.1, -0.05) is 23.4 Å². The molecule has 164 valence electrons. The van der Waals surface area contributed by atoms with Gasteiger partial charge < -0.3 is 19.2 Å². The molecule has 9 nitrogen and oxygen atoms in total. The maximum Gasteiger partial charge on any atom is 0.278 e. The van der Waals surface area contributed by atoms with E-state index in [-0.39, 0.29) is 11.6 Å². The number of aryl methyl sites for hydroxylation is 1. The number of carbonyl (C=O) groups is 1. The first-order valence-corrected chi connectivity index (χ1v) is 9.95. The lowest BCUT2D eigenvalue weighted by Gasteiger charge is -2.10. The highest BCUT2D eigenvalue weighted by Crippen LogP contribution is 2.30. The Morgan fingerprint density at radius 2 is 1.81 bits per heavy atom. The fraction of sp³-hybridized carbons (Fsp3) is 0.217. The van der Waals surface area contributed by atoms with Gasteiger partial charge in [-0.3, -0.25) is 4.79 Å². The summed E-state index contributed by atoms with van der Waals surface area (Å²) in [5, 5.41) is 11.0. The van der Waals surface area contributed by atoms with E-state index in [0.717, 1.165) is 11.3 Å². The monoisotopic (exact) mass is 433 g/mol. The van der Waals surface area contributed by atoms with Crippen LogP contribution in [-0.2, 0) is 6.54 Å². The Morgan fingerprint density at radius 1 is 1.06 bits per heavy atom. The number of anilines is 1. The largest absolute Gasteiger partial charge is 0.493 e. The van der Waals surface area contributed by atoms with Gasteiger partial charge in [-0.25, -0.2) is 9.67 Å². The van der Waals surface area contributed by atoms with Crippen LogP contribution in [0, 0.1) is 13.8 Å². The van der Waals surface area contributed by atoms with E-state index in [4.69, 9.17) is 13.9 Å². The Balaban J connectivity index is 1.51. The molecule has 0 saturated carbocycles. The highest BCUT2D eigenvalue weighted by molar-refractivity contribution is 6.03. The molecule has 0 aliphatic heterocycles. The van der Waals surface area contributed by atoms with Gasteiger partial charge in [0.05, 0.1) is 26.5 Å². The first-order chi connectivity index (χ1) is 15.5. The first-order valence-electron chi connectivity index (χ1n) is 9.95. The van der Waals surface area contributed by atoms with E-state index in [1.54, 1.807) is 36.9 Å². The number of benzene rings is 2. The molecule has 4 rings (SSSR count). The number of ether oxygens (including phenoxy) is 2. The number of hydrogen-bond acceptors (Lipinski definition) is 7. The second-order valence-electron chi connectivity index (χ2n) is 7.09. The quantitative estimate of drug-likeness (QED) is 0.472. The van der Waals surface area contributed by atoms with Crippen molar-refractivity contribution in [1.82, 2.24) is 20.0 Å². The Kier molecular flexibility index (Phi) is 5.89. The van der Waals surface area contributed by atoms with Crippen LogP contribution >= 0.6 is 0 Å². The number of nitrogens with one attached hydrogen (secondary N) is 1. The molecule has 9 heteroatoms. The van der Waals surface area contributed by atoms with Crippen LogP contribution in [0.25, 0.3) is 11.5 Å². The minimum absolute atomic E-state index is 0.226. The normalized spacial score (nSPS) is 10.8. The average molecular weight is 433 g/mol. The topological polar surface area (TPSA) is 104 Å². The molecule has 0 aliphatic carbocycles. The lowest BCUT2D eigenvalue weighted by Crippen LogP contribution is -2.14. The van der Waals surface area contributed by atoms with Crippen molar-refractivity contribution in [2.24, 2.45) is 0 Å². The summed E-state index contributed by atoms with van der Waals surface area (Å²) in [6.07, 6.45) is 0. The van der Waals surface area contributed by atoms with E-state index in [9.17, 15) is 4.79 Å². The van der Waals surface area contributed by atoms with Gasteiger partial charge in [0.1, 0.15) is 11.5 Å². The molecule has 0 bridgehead atoms. The van der Waals surface area contributed by atoms with Crippen LogP contribution in [0.2, 0.25) is 0 Å². The fourth-order valence-corrected chi connectivity index (χ4v) is 3.25. The van der Waals surface area contributed by atoms with Crippen LogP contribution in [0.3, 0.4) is 0 Å². The molecule has 4 aromatic rings. The van der Waals surface area contributed by atoms with Crippen LogP contribution in [0.5, 0.6) is 11.5 Å². The molecule has 0 radical (unpaired) electrons. The van der Waals surface area contributed by atoms with Gasteiger partial charge in [0, 0.05) is 17.3 Å². The van der Waals surface area contributed by atoms with Crippen molar-refractivity contribution in [3.05, 3.63) is 71.4 Å². The number of methoxy groups -OCH3 is 2. The van der Waals surface area contributed by atoms with Gasteiger partial charge in [-0.05, 0) is 38.1 Å². The van der Waals surface area contributed by atoms with Crippen LogP contribution in [0.1, 0.15) is 27.6 Å². The Hall–Kier alpha value is -4.14. The molecule has 2 aromatic carbocycles. The average Bonchev–Trinajstić information content (AvgIpc) is 3.37.